The maximum atomic E-state index is 11.5. The van der Waals surface area contributed by atoms with E-state index < -0.39 is 11.9 Å². The second-order valence-corrected chi connectivity index (χ2v) is 5.27. The lowest BCUT2D eigenvalue weighted by molar-refractivity contribution is -0.137. The van der Waals surface area contributed by atoms with Crippen LogP contribution in [-0.4, -0.2) is 11.9 Å². The van der Waals surface area contributed by atoms with Crippen LogP contribution in [0.25, 0.3) is 0 Å². The summed E-state index contributed by atoms with van der Waals surface area (Å²) in [6, 6.07) is 13.0. The van der Waals surface area contributed by atoms with Crippen LogP contribution in [0, 0.1) is 0 Å². The van der Waals surface area contributed by atoms with Crippen molar-refractivity contribution in [3.8, 4) is 0 Å². The first kappa shape index (κ1) is 17.7. The highest BCUT2D eigenvalue weighted by Crippen LogP contribution is 2.14. The molecule has 24 heavy (non-hydrogen) atoms. The average Bonchev–Trinajstić information content (AvgIpc) is 2.59. The van der Waals surface area contributed by atoms with Crippen molar-refractivity contribution in [2.45, 2.75) is 0 Å². The van der Waals surface area contributed by atoms with Crippen LogP contribution in [0.5, 0.6) is 0 Å². The summed E-state index contributed by atoms with van der Waals surface area (Å²) in [6.45, 7) is 0. The summed E-state index contributed by atoms with van der Waals surface area (Å²) in [5.41, 5.74) is 5.91. The molecular weight excluding hydrogens is 355 g/mol. The van der Waals surface area contributed by atoms with Crippen LogP contribution in [0.1, 0.15) is 0 Å². The summed E-state index contributed by atoms with van der Waals surface area (Å²) in [6.07, 6.45) is 1.85. The van der Waals surface area contributed by atoms with Gasteiger partial charge >= 0.3 is 11.9 Å². The second-order valence-electron chi connectivity index (χ2n) is 4.39. The molecule has 8 heteroatoms. The van der Waals surface area contributed by atoms with Gasteiger partial charge in [-0.3, -0.25) is 0 Å². The Hall–Kier alpha value is -2.70. The van der Waals surface area contributed by atoms with Crippen LogP contribution in [0.4, 0.5) is 11.4 Å². The second kappa shape index (κ2) is 8.81. The predicted octanol–water partition coefficient (Wildman–Crippen LogP) is 3.99. The molecule has 0 aromatic heterocycles. The third-order valence-electron chi connectivity index (χ3n) is 2.58. The fraction of sp³-hybridized carbons (Fsp3) is 0. The SMILES string of the molecule is O=C(/C=C\C(=O)ONc1ccc(Cl)cc1)ONc1ccc(Cl)cc1. The van der Waals surface area contributed by atoms with E-state index in [1.807, 2.05) is 0 Å². The Morgan fingerprint density at radius 1 is 0.708 bits per heavy atom. The molecule has 124 valence electrons. The van der Waals surface area contributed by atoms with E-state index in [1.54, 1.807) is 48.5 Å². The van der Waals surface area contributed by atoms with Crippen molar-refractivity contribution in [1.82, 2.24) is 0 Å². The minimum Gasteiger partial charge on any atom is -0.339 e. The molecule has 0 spiro atoms. The Labute approximate surface area is 147 Å². The van der Waals surface area contributed by atoms with Gasteiger partial charge in [-0.2, -0.15) is 0 Å². The van der Waals surface area contributed by atoms with Gasteiger partial charge in [0.15, 0.2) is 0 Å². The number of halogens is 2. The molecule has 0 bridgehead atoms. The summed E-state index contributed by atoms with van der Waals surface area (Å²) >= 11 is 11.5. The zero-order valence-electron chi connectivity index (χ0n) is 12.2. The first-order valence-corrected chi connectivity index (χ1v) is 7.41. The van der Waals surface area contributed by atoms with Gasteiger partial charge in [-0.25, -0.2) is 20.5 Å². The Bertz CT molecular complexity index is 667. The fourth-order valence-electron chi connectivity index (χ4n) is 1.46. The smallest absolute Gasteiger partial charge is 0.339 e. The van der Waals surface area contributed by atoms with Crippen molar-refractivity contribution in [2.24, 2.45) is 0 Å². The van der Waals surface area contributed by atoms with Crippen molar-refractivity contribution in [3.05, 3.63) is 70.7 Å². The lowest BCUT2D eigenvalue weighted by Gasteiger charge is -2.05. The number of rotatable bonds is 6. The zero-order valence-corrected chi connectivity index (χ0v) is 13.7. The molecule has 0 saturated heterocycles. The fourth-order valence-corrected chi connectivity index (χ4v) is 1.71. The van der Waals surface area contributed by atoms with Gasteiger partial charge in [0, 0.05) is 22.2 Å². The van der Waals surface area contributed by atoms with Gasteiger partial charge in [-0.05, 0) is 48.5 Å². The highest BCUT2D eigenvalue weighted by Gasteiger charge is 2.02. The third kappa shape index (κ3) is 6.20. The quantitative estimate of drug-likeness (QED) is 0.594. The van der Waals surface area contributed by atoms with E-state index in [-0.39, 0.29) is 0 Å². The molecular formula is C16H12Cl2N2O4. The van der Waals surface area contributed by atoms with Gasteiger partial charge in [0.2, 0.25) is 0 Å². The summed E-state index contributed by atoms with van der Waals surface area (Å²) in [5.74, 6) is -1.54. The highest BCUT2D eigenvalue weighted by molar-refractivity contribution is 6.30. The summed E-state index contributed by atoms with van der Waals surface area (Å²) in [5, 5.41) is 1.12. The Balaban J connectivity index is 1.73. The molecule has 6 nitrogen and oxygen atoms in total. The van der Waals surface area contributed by atoms with Crippen molar-refractivity contribution >= 4 is 46.5 Å². The monoisotopic (exact) mass is 366 g/mol. The number of carbonyl (C=O) groups excluding carboxylic acids is 2. The number of nitrogens with one attached hydrogen (secondary N) is 2. The number of hydrogen-bond acceptors (Lipinski definition) is 6. The van der Waals surface area contributed by atoms with Crippen LogP contribution in [0.2, 0.25) is 10.0 Å². The Morgan fingerprint density at radius 3 is 1.38 bits per heavy atom. The molecule has 0 aliphatic rings. The van der Waals surface area contributed by atoms with E-state index in [4.69, 9.17) is 32.9 Å². The minimum absolute atomic E-state index is 0.535. The molecule has 0 heterocycles. The molecule has 0 saturated carbocycles. The summed E-state index contributed by atoms with van der Waals surface area (Å²) in [4.78, 5) is 32.4. The Morgan fingerprint density at radius 2 is 1.04 bits per heavy atom. The maximum Gasteiger partial charge on any atom is 0.355 e. The molecule has 0 fully saturated rings. The van der Waals surface area contributed by atoms with Crippen LogP contribution >= 0.6 is 23.2 Å². The van der Waals surface area contributed by atoms with Gasteiger partial charge in [0.1, 0.15) is 0 Å². The Kier molecular flexibility index (Phi) is 6.48. The highest BCUT2D eigenvalue weighted by atomic mass is 35.5. The van der Waals surface area contributed by atoms with Gasteiger partial charge in [0.05, 0.1) is 11.4 Å². The molecule has 0 aliphatic heterocycles. The lowest BCUT2D eigenvalue weighted by Crippen LogP contribution is -2.10. The van der Waals surface area contributed by atoms with Crippen molar-refractivity contribution in [1.29, 1.82) is 0 Å². The molecule has 2 rings (SSSR count). The minimum atomic E-state index is -0.770. The van der Waals surface area contributed by atoms with Crippen molar-refractivity contribution < 1.29 is 19.3 Å². The molecule has 2 aromatic carbocycles. The standard InChI is InChI=1S/C16H12Cl2N2O4/c17-11-1-5-13(6-2-11)19-23-15(21)9-10-16(22)24-20-14-7-3-12(18)4-8-14/h1-10,19-20H/b10-9-. The molecule has 0 unspecified atom stereocenters. The predicted molar refractivity (Wildman–Crippen MR) is 91.5 cm³/mol. The molecule has 2 aromatic rings. The number of hydrogen-bond donors (Lipinski definition) is 2. The number of carbonyl (C=O) groups is 2. The topological polar surface area (TPSA) is 76.7 Å². The number of anilines is 2. The van der Waals surface area contributed by atoms with E-state index in [2.05, 4.69) is 11.0 Å². The molecule has 2 N–H and O–H groups in total. The van der Waals surface area contributed by atoms with Gasteiger partial charge < -0.3 is 9.68 Å². The lowest BCUT2D eigenvalue weighted by atomic mass is 10.3. The normalized spacial score (nSPS) is 10.2. The molecule has 0 atom stereocenters. The summed E-state index contributed by atoms with van der Waals surface area (Å²) < 4.78 is 0. The molecule has 0 amide bonds. The first-order chi connectivity index (χ1) is 11.5. The third-order valence-corrected chi connectivity index (χ3v) is 3.09. The molecule has 0 radical (unpaired) electrons. The average molecular weight is 367 g/mol. The van der Waals surface area contributed by atoms with Crippen molar-refractivity contribution in [2.75, 3.05) is 11.0 Å². The van der Waals surface area contributed by atoms with Crippen LogP contribution in [0.15, 0.2) is 60.7 Å². The van der Waals surface area contributed by atoms with Crippen molar-refractivity contribution in [3.63, 3.8) is 0 Å². The van der Waals surface area contributed by atoms with Gasteiger partial charge in [0.25, 0.3) is 0 Å². The first-order valence-electron chi connectivity index (χ1n) is 6.66. The van der Waals surface area contributed by atoms with Crippen LogP contribution in [-0.2, 0) is 19.3 Å². The van der Waals surface area contributed by atoms with Gasteiger partial charge in [-0.15, -0.1) is 0 Å². The zero-order chi connectivity index (χ0) is 17.4. The van der Waals surface area contributed by atoms with E-state index >= 15 is 0 Å². The molecule has 0 aliphatic carbocycles. The van der Waals surface area contributed by atoms with Crippen LogP contribution in [0.3, 0.4) is 0 Å². The van der Waals surface area contributed by atoms with E-state index in [9.17, 15) is 9.59 Å². The van der Waals surface area contributed by atoms with E-state index in [1.165, 1.54) is 0 Å². The summed E-state index contributed by atoms with van der Waals surface area (Å²) in [7, 11) is 0. The van der Waals surface area contributed by atoms with E-state index in [0.29, 0.717) is 21.4 Å². The van der Waals surface area contributed by atoms with Crippen LogP contribution < -0.4 is 11.0 Å². The number of benzene rings is 2. The van der Waals surface area contributed by atoms with E-state index in [0.717, 1.165) is 12.2 Å². The largest absolute Gasteiger partial charge is 0.355 e. The van der Waals surface area contributed by atoms with Gasteiger partial charge in [-0.1, -0.05) is 23.2 Å². The maximum absolute atomic E-state index is 11.5.